The molecule has 1 heterocycles. The molecule has 164 valence electrons. The lowest BCUT2D eigenvalue weighted by atomic mass is 9.97. The van der Waals surface area contributed by atoms with Crippen LogP contribution in [-0.2, 0) is 4.79 Å². The molecule has 1 aliphatic rings. The van der Waals surface area contributed by atoms with Crippen LogP contribution in [0.4, 0.5) is 5.69 Å². The van der Waals surface area contributed by atoms with E-state index in [0.717, 1.165) is 47.1 Å². The van der Waals surface area contributed by atoms with E-state index < -0.39 is 0 Å². The number of amides is 2. The molecular weight excluding hydrogens is 398 g/mol. The summed E-state index contributed by atoms with van der Waals surface area (Å²) in [6.45, 7) is 2.46. The van der Waals surface area contributed by atoms with Gasteiger partial charge < -0.3 is 10.6 Å². The third-order valence-corrected chi connectivity index (χ3v) is 5.86. The summed E-state index contributed by atoms with van der Waals surface area (Å²) >= 11 is 0. The molecule has 0 unspecified atom stereocenters. The Bertz CT molecular complexity index is 1150. The Morgan fingerprint density at radius 1 is 1.03 bits per heavy atom. The molecule has 5 heteroatoms. The predicted octanol–water partition coefficient (Wildman–Crippen LogP) is 5.87. The maximum Gasteiger partial charge on any atom is 0.252 e. The average molecular weight is 428 g/mol. The van der Waals surface area contributed by atoms with Gasteiger partial charge in [-0.3, -0.25) is 9.59 Å². The Labute approximate surface area is 188 Å². The van der Waals surface area contributed by atoms with Gasteiger partial charge >= 0.3 is 0 Å². The van der Waals surface area contributed by atoms with Crippen LogP contribution in [0, 0.1) is 0 Å². The SMILES string of the molecule is CCC(=O)Nc1ccc(-c2cc(C(=O)NCCC3=CCCCC3)c3ccccc3n2)cc1. The zero-order chi connectivity index (χ0) is 22.3. The fourth-order valence-electron chi connectivity index (χ4n) is 4.05. The van der Waals surface area contributed by atoms with Crippen molar-refractivity contribution >= 4 is 28.4 Å². The number of rotatable bonds is 7. The number of anilines is 1. The van der Waals surface area contributed by atoms with Crippen LogP contribution in [0.3, 0.4) is 0 Å². The first kappa shape index (κ1) is 21.8. The Hall–Kier alpha value is -3.47. The van der Waals surface area contributed by atoms with E-state index in [1.54, 1.807) is 0 Å². The highest BCUT2D eigenvalue weighted by Gasteiger charge is 2.14. The molecule has 2 N–H and O–H groups in total. The summed E-state index contributed by atoms with van der Waals surface area (Å²) in [5.74, 6) is -0.0994. The van der Waals surface area contributed by atoms with Crippen molar-refractivity contribution in [3.05, 3.63) is 71.8 Å². The molecule has 5 nitrogen and oxygen atoms in total. The lowest BCUT2D eigenvalue weighted by Gasteiger charge is -2.14. The molecule has 4 rings (SSSR count). The number of benzene rings is 2. The number of nitrogens with zero attached hydrogens (tertiary/aromatic N) is 1. The number of fused-ring (bicyclic) bond motifs is 1. The minimum absolute atomic E-state index is 0.0236. The molecule has 0 fully saturated rings. The number of aromatic nitrogens is 1. The van der Waals surface area contributed by atoms with E-state index in [9.17, 15) is 9.59 Å². The van der Waals surface area contributed by atoms with Gasteiger partial charge in [0.05, 0.1) is 16.8 Å². The van der Waals surface area contributed by atoms with Crippen molar-refractivity contribution in [3.8, 4) is 11.3 Å². The maximum atomic E-state index is 13.1. The van der Waals surface area contributed by atoms with E-state index >= 15 is 0 Å². The van der Waals surface area contributed by atoms with Gasteiger partial charge in [0.1, 0.15) is 0 Å². The van der Waals surface area contributed by atoms with E-state index in [0.29, 0.717) is 18.5 Å². The van der Waals surface area contributed by atoms with Crippen molar-refractivity contribution in [1.82, 2.24) is 10.3 Å². The molecule has 0 bridgehead atoms. The number of carbonyl (C=O) groups excluding carboxylic acids is 2. The summed E-state index contributed by atoms with van der Waals surface area (Å²) in [5.41, 5.74) is 5.24. The monoisotopic (exact) mass is 427 g/mol. The van der Waals surface area contributed by atoms with Crippen LogP contribution in [0.15, 0.2) is 66.2 Å². The second-order valence-electron chi connectivity index (χ2n) is 8.17. The second kappa shape index (κ2) is 10.2. The van der Waals surface area contributed by atoms with Crippen molar-refractivity contribution in [2.45, 2.75) is 45.4 Å². The molecule has 1 aromatic heterocycles. The number of allylic oxidation sites excluding steroid dienone is 1. The van der Waals surface area contributed by atoms with Crippen LogP contribution in [0.1, 0.15) is 55.8 Å². The molecule has 1 aliphatic carbocycles. The van der Waals surface area contributed by atoms with Crippen LogP contribution in [0.25, 0.3) is 22.2 Å². The normalized spacial score (nSPS) is 13.5. The van der Waals surface area contributed by atoms with Gasteiger partial charge in [-0.05, 0) is 56.4 Å². The number of nitrogens with one attached hydrogen (secondary N) is 2. The van der Waals surface area contributed by atoms with E-state index in [-0.39, 0.29) is 11.8 Å². The maximum absolute atomic E-state index is 13.1. The highest BCUT2D eigenvalue weighted by atomic mass is 16.2. The third kappa shape index (κ3) is 5.22. The molecule has 0 aliphatic heterocycles. The minimum atomic E-state index is -0.0758. The number of hydrogen-bond acceptors (Lipinski definition) is 3. The van der Waals surface area contributed by atoms with Crippen LogP contribution in [0.2, 0.25) is 0 Å². The quantitative estimate of drug-likeness (QED) is 0.463. The molecule has 32 heavy (non-hydrogen) atoms. The van der Waals surface area contributed by atoms with E-state index in [4.69, 9.17) is 4.98 Å². The number of hydrogen-bond donors (Lipinski definition) is 2. The lowest BCUT2D eigenvalue weighted by Crippen LogP contribution is -2.25. The number of para-hydroxylation sites is 1. The van der Waals surface area contributed by atoms with Gasteiger partial charge in [-0.25, -0.2) is 4.98 Å². The Morgan fingerprint density at radius 3 is 2.59 bits per heavy atom. The van der Waals surface area contributed by atoms with E-state index in [2.05, 4.69) is 16.7 Å². The highest BCUT2D eigenvalue weighted by Crippen LogP contribution is 2.26. The topological polar surface area (TPSA) is 71.1 Å². The van der Waals surface area contributed by atoms with Gasteiger partial charge in [0.2, 0.25) is 5.91 Å². The smallest absolute Gasteiger partial charge is 0.252 e. The van der Waals surface area contributed by atoms with Crippen LogP contribution >= 0.6 is 0 Å². The molecule has 0 spiro atoms. The third-order valence-electron chi connectivity index (χ3n) is 5.86. The number of carbonyl (C=O) groups is 2. The molecule has 0 atom stereocenters. The van der Waals surface area contributed by atoms with Crippen molar-refractivity contribution in [3.63, 3.8) is 0 Å². The first-order chi connectivity index (χ1) is 15.6. The van der Waals surface area contributed by atoms with E-state index in [1.807, 2.05) is 61.5 Å². The van der Waals surface area contributed by atoms with Crippen LogP contribution < -0.4 is 10.6 Å². The summed E-state index contributed by atoms with van der Waals surface area (Å²) < 4.78 is 0. The Morgan fingerprint density at radius 2 is 1.84 bits per heavy atom. The van der Waals surface area contributed by atoms with Crippen molar-refractivity contribution < 1.29 is 9.59 Å². The molecule has 0 saturated heterocycles. The van der Waals surface area contributed by atoms with Crippen molar-refractivity contribution in [2.75, 3.05) is 11.9 Å². The zero-order valence-electron chi connectivity index (χ0n) is 18.5. The lowest BCUT2D eigenvalue weighted by molar-refractivity contribution is -0.115. The summed E-state index contributed by atoms with van der Waals surface area (Å²) in [7, 11) is 0. The summed E-state index contributed by atoms with van der Waals surface area (Å²) in [4.78, 5) is 29.5. The average Bonchev–Trinajstić information content (AvgIpc) is 2.84. The molecular formula is C27H29N3O2. The summed E-state index contributed by atoms with van der Waals surface area (Å²) in [6.07, 6.45) is 8.49. The fraction of sp³-hybridized carbons (Fsp3) is 0.296. The molecule has 2 aromatic carbocycles. The minimum Gasteiger partial charge on any atom is -0.352 e. The first-order valence-corrected chi connectivity index (χ1v) is 11.4. The molecule has 0 saturated carbocycles. The van der Waals surface area contributed by atoms with Gasteiger partial charge in [0.15, 0.2) is 0 Å². The first-order valence-electron chi connectivity index (χ1n) is 11.4. The fourth-order valence-corrected chi connectivity index (χ4v) is 4.05. The van der Waals surface area contributed by atoms with Crippen LogP contribution in [0.5, 0.6) is 0 Å². The molecule has 3 aromatic rings. The summed E-state index contributed by atoms with van der Waals surface area (Å²) in [5, 5.41) is 6.80. The van der Waals surface area contributed by atoms with Gasteiger partial charge in [0.25, 0.3) is 5.91 Å². The second-order valence-corrected chi connectivity index (χ2v) is 8.17. The molecule has 0 radical (unpaired) electrons. The van der Waals surface area contributed by atoms with Crippen molar-refractivity contribution in [2.24, 2.45) is 0 Å². The van der Waals surface area contributed by atoms with Gasteiger partial charge in [-0.2, -0.15) is 0 Å². The van der Waals surface area contributed by atoms with Gasteiger partial charge in [-0.1, -0.05) is 48.9 Å². The van der Waals surface area contributed by atoms with E-state index in [1.165, 1.54) is 18.4 Å². The van der Waals surface area contributed by atoms with Crippen LogP contribution in [-0.4, -0.2) is 23.3 Å². The largest absolute Gasteiger partial charge is 0.352 e. The zero-order valence-corrected chi connectivity index (χ0v) is 18.5. The van der Waals surface area contributed by atoms with Gasteiger partial charge in [-0.15, -0.1) is 0 Å². The molecule has 2 amide bonds. The standard InChI is InChI=1S/C27H29N3O2/c1-2-26(31)29-21-14-12-20(13-15-21)25-18-23(22-10-6-7-11-24(22)30-25)27(32)28-17-16-19-8-4-3-5-9-19/h6-8,10-15,18H,2-5,9,16-17H2,1H3,(H,28,32)(H,29,31). The Balaban J connectivity index is 1.56. The predicted molar refractivity (Wildman–Crippen MR) is 130 cm³/mol. The summed E-state index contributed by atoms with van der Waals surface area (Å²) in [6, 6.07) is 17.1. The highest BCUT2D eigenvalue weighted by molar-refractivity contribution is 6.07. The van der Waals surface area contributed by atoms with Gasteiger partial charge in [0, 0.05) is 29.6 Å². The van der Waals surface area contributed by atoms with Crippen molar-refractivity contribution in [1.29, 1.82) is 0 Å². The Kier molecular flexibility index (Phi) is 6.95. The number of pyridine rings is 1.